The van der Waals surface area contributed by atoms with Crippen LogP contribution in [0.3, 0.4) is 0 Å². The Morgan fingerprint density at radius 3 is 2.18 bits per heavy atom. The molecular weight excluding hydrogens is 323 g/mol. The first-order valence-electron chi connectivity index (χ1n) is 2.31. The van der Waals surface area contributed by atoms with Gasteiger partial charge in [0, 0.05) is 0 Å². The van der Waals surface area contributed by atoms with Gasteiger partial charge >= 0.3 is 10.2 Å². The minimum Gasteiger partial charge on any atom is -0.189 e. The summed E-state index contributed by atoms with van der Waals surface area (Å²) in [5, 5.41) is 0. The van der Waals surface area contributed by atoms with Gasteiger partial charge in [-0.3, -0.25) is 0 Å². The van der Waals surface area contributed by atoms with Gasteiger partial charge in [-0.05, 0) is 37.9 Å². The van der Waals surface area contributed by atoms with Crippen LogP contribution in [-0.4, -0.2) is 8.42 Å². The minimum atomic E-state index is -4.58. The molecule has 0 unspecified atom stereocenters. The molecule has 0 N–H and O–H groups in total. The fraction of sp³-hybridized carbons (Fsp3) is 0. The van der Waals surface area contributed by atoms with E-state index in [1.807, 2.05) is 0 Å². The maximum atomic E-state index is 12.3. The Morgan fingerprint density at radius 1 is 1.45 bits per heavy atom. The third-order valence-electron chi connectivity index (χ3n) is 0.888. The van der Waals surface area contributed by atoms with Gasteiger partial charge in [-0.1, -0.05) is 0 Å². The largest absolute Gasteiger partial charge is 0.334 e. The van der Waals surface area contributed by atoms with Gasteiger partial charge in [0.2, 0.25) is 0 Å². The molecule has 0 saturated heterocycles. The first-order valence-corrected chi connectivity index (χ1v) is 6.09. The molecule has 7 heteroatoms. The van der Waals surface area contributed by atoms with Crippen molar-refractivity contribution in [3.05, 3.63) is 13.6 Å². The first kappa shape index (κ1) is 9.63. The Bertz CT molecular complexity index is 369. The fourth-order valence-corrected chi connectivity index (χ4v) is 4.68. The molecule has 0 aromatic carbocycles. The molecule has 0 atom stereocenters. The van der Waals surface area contributed by atoms with Crippen LogP contribution in [0.4, 0.5) is 3.89 Å². The van der Waals surface area contributed by atoms with Crippen molar-refractivity contribution in [1.29, 1.82) is 0 Å². The molecule has 1 aromatic heterocycles. The quantitative estimate of drug-likeness (QED) is 0.745. The van der Waals surface area contributed by atoms with Gasteiger partial charge < -0.3 is 0 Å². The van der Waals surface area contributed by atoms with E-state index >= 15 is 0 Å². The smallest absolute Gasteiger partial charge is 0.189 e. The summed E-state index contributed by atoms with van der Waals surface area (Å²) in [4.78, 5) is -0.325. The second kappa shape index (κ2) is 3.12. The molecule has 0 bridgehead atoms. The van der Waals surface area contributed by atoms with Gasteiger partial charge in [-0.2, -0.15) is 8.42 Å². The van der Waals surface area contributed by atoms with Crippen LogP contribution in [-0.2, 0) is 10.2 Å². The molecule has 0 radical (unpaired) electrons. The summed E-state index contributed by atoms with van der Waals surface area (Å²) < 4.78 is 33.9. The van der Waals surface area contributed by atoms with Crippen LogP contribution in [0.25, 0.3) is 0 Å². The van der Waals surface area contributed by atoms with Gasteiger partial charge in [0.15, 0.2) is 0 Å². The molecular formula is C4HBr2FO2S2. The van der Waals surface area contributed by atoms with E-state index in [4.69, 9.17) is 0 Å². The summed E-state index contributed by atoms with van der Waals surface area (Å²) in [5.74, 6) is 0. The van der Waals surface area contributed by atoms with Crippen LogP contribution in [0.15, 0.2) is 18.5 Å². The summed E-state index contributed by atoms with van der Waals surface area (Å²) in [6.07, 6.45) is 0. The molecule has 62 valence electrons. The maximum Gasteiger partial charge on any atom is 0.334 e. The Kier molecular flexibility index (Phi) is 2.73. The summed E-state index contributed by atoms with van der Waals surface area (Å²) in [6.45, 7) is 0. The second-order valence-corrected chi connectivity index (χ2v) is 6.69. The van der Waals surface area contributed by atoms with E-state index in [1.165, 1.54) is 6.07 Å². The molecule has 0 aliphatic rings. The van der Waals surface area contributed by atoms with Crippen LogP contribution < -0.4 is 0 Å². The van der Waals surface area contributed by atoms with Crippen molar-refractivity contribution in [1.82, 2.24) is 0 Å². The average molecular weight is 324 g/mol. The number of hydrogen-bond donors (Lipinski definition) is 0. The molecule has 0 spiro atoms. The molecule has 0 amide bonds. The summed E-state index contributed by atoms with van der Waals surface area (Å²) >= 11 is 7.07. The molecule has 0 aliphatic heterocycles. The number of rotatable bonds is 1. The van der Waals surface area contributed by atoms with Crippen molar-refractivity contribution in [2.75, 3.05) is 0 Å². The van der Waals surface area contributed by atoms with Gasteiger partial charge in [0.05, 0.1) is 7.57 Å². The molecule has 1 rings (SSSR count). The lowest BCUT2D eigenvalue weighted by Gasteiger charge is -1.86. The molecule has 2 nitrogen and oxygen atoms in total. The van der Waals surface area contributed by atoms with Crippen molar-refractivity contribution in [2.45, 2.75) is 4.90 Å². The van der Waals surface area contributed by atoms with E-state index in [0.29, 0.717) is 3.79 Å². The molecule has 1 aromatic rings. The maximum absolute atomic E-state index is 12.3. The summed E-state index contributed by atoms with van der Waals surface area (Å²) in [7, 11) is -4.58. The highest BCUT2D eigenvalue weighted by Crippen LogP contribution is 2.35. The Hall–Kier alpha value is 0.540. The fourth-order valence-electron chi connectivity index (χ4n) is 0.491. The summed E-state index contributed by atoms with van der Waals surface area (Å²) in [6, 6.07) is 1.21. The molecule has 1 heterocycles. The van der Waals surface area contributed by atoms with E-state index in [-0.39, 0.29) is 8.68 Å². The molecule has 0 saturated carbocycles. The third-order valence-corrected chi connectivity index (χ3v) is 4.47. The van der Waals surface area contributed by atoms with Crippen molar-refractivity contribution in [3.8, 4) is 0 Å². The highest BCUT2D eigenvalue weighted by Gasteiger charge is 2.18. The second-order valence-electron chi connectivity index (χ2n) is 1.63. The summed E-state index contributed by atoms with van der Waals surface area (Å²) in [5.41, 5.74) is 0. The third kappa shape index (κ3) is 2.24. The van der Waals surface area contributed by atoms with Gasteiger partial charge in [0.25, 0.3) is 0 Å². The Labute approximate surface area is 83.9 Å². The zero-order valence-electron chi connectivity index (χ0n) is 4.84. The molecule has 11 heavy (non-hydrogen) atoms. The lowest BCUT2D eigenvalue weighted by atomic mass is 10.7. The lowest BCUT2D eigenvalue weighted by molar-refractivity contribution is 0.552. The highest BCUT2D eigenvalue weighted by molar-refractivity contribution is 9.12. The Balaban J connectivity index is 3.36. The molecule has 0 aliphatic carbocycles. The lowest BCUT2D eigenvalue weighted by Crippen LogP contribution is -1.88. The first-order chi connectivity index (χ1) is 4.91. The van der Waals surface area contributed by atoms with Crippen molar-refractivity contribution < 1.29 is 12.3 Å². The van der Waals surface area contributed by atoms with Gasteiger partial charge in [-0.15, -0.1) is 15.2 Å². The van der Waals surface area contributed by atoms with Crippen LogP contribution in [0.1, 0.15) is 0 Å². The predicted molar refractivity (Wildman–Crippen MR) is 48.0 cm³/mol. The van der Waals surface area contributed by atoms with E-state index in [0.717, 1.165) is 11.3 Å². The number of hydrogen-bond acceptors (Lipinski definition) is 3. The zero-order chi connectivity index (χ0) is 8.65. The van der Waals surface area contributed by atoms with Gasteiger partial charge in [0.1, 0.15) is 4.90 Å². The van der Waals surface area contributed by atoms with E-state index < -0.39 is 10.2 Å². The average Bonchev–Trinajstić information content (AvgIpc) is 2.08. The van der Waals surface area contributed by atoms with Crippen LogP contribution in [0, 0.1) is 0 Å². The van der Waals surface area contributed by atoms with Crippen LogP contribution in [0.2, 0.25) is 0 Å². The predicted octanol–water partition coefficient (Wildman–Crippen LogP) is 2.93. The highest BCUT2D eigenvalue weighted by atomic mass is 79.9. The normalized spacial score (nSPS) is 11.9. The van der Waals surface area contributed by atoms with Crippen LogP contribution in [0.5, 0.6) is 0 Å². The van der Waals surface area contributed by atoms with E-state index in [2.05, 4.69) is 31.9 Å². The SMILES string of the molecule is O=S(=O)(F)c1cc(Br)sc1Br. The minimum absolute atomic E-state index is 0.270. The standard InChI is InChI=1S/C4HBr2FO2S2/c5-3-1-2(4(6)10-3)11(7,8)9/h1H. The topological polar surface area (TPSA) is 34.1 Å². The number of halogens is 3. The van der Waals surface area contributed by atoms with E-state index in [1.54, 1.807) is 0 Å². The van der Waals surface area contributed by atoms with Crippen LogP contribution >= 0.6 is 43.2 Å². The van der Waals surface area contributed by atoms with Crippen molar-refractivity contribution in [3.63, 3.8) is 0 Å². The Morgan fingerprint density at radius 2 is 2.00 bits per heavy atom. The molecule has 0 fully saturated rings. The van der Waals surface area contributed by atoms with Crippen molar-refractivity contribution >= 4 is 53.4 Å². The van der Waals surface area contributed by atoms with Gasteiger partial charge in [-0.25, -0.2) is 0 Å². The number of thiophene rings is 1. The zero-order valence-corrected chi connectivity index (χ0v) is 9.65. The van der Waals surface area contributed by atoms with E-state index in [9.17, 15) is 12.3 Å². The monoisotopic (exact) mass is 322 g/mol. The van der Waals surface area contributed by atoms with Crippen molar-refractivity contribution in [2.24, 2.45) is 0 Å².